The molecule has 0 heterocycles. The molecular weight excluding hydrogens is 337 g/mol. The van der Waals surface area contributed by atoms with Crippen LogP contribution in [0, 0.1) is 0 Å². The first-order valence-corrected chi connectivity index (χ1v) is 10.2. The molecule has 0 aromatic heterocycles. The number of hydrogen-bond acceptors (Lipinski definition) is 4. The second-order valence-electron chi connectivity index (χ2n) is 5.95. The van der Waals surface area contributed by atoms with Crippen LogP contribution in [0.5, 0.6) is 0 Å². The van der Waals surface area contributed by atoms with Gasteiger partial charge in [0.1, 0.15) is 0 Å². The van der Waals surface area contributed by atoms with Gasteiger partial charge < -0.3 is 7.16 Å². The molecule has 0 unspecified atom stereocenters. The van der Waals surface area contributed by atoms with Gasteiger partial charge in [-0.2, -0.15) is 8.42 Å². The second kappa shape index (κ2) is 16.6. The van der Waals surface area contributed by atoms with Crippen LogP contribution < -0.4 is 35.3 Å². The predicted molar refractivity (Wildman–Crippen MR) is 95.4 cm³/mol. The third-order valence-corrected chi connectivity index (χ3v) is 5.09. The van der Waals surface area contributed by atoms with Gasteiger partial charge in [-0.05, 0) is 6.42 Å². The average molecular weight is 372 g/mol. The van der Waals surface area contributed by atoms with E-state index in [9.17, 15) is 13.2 Å². The fraction of sp³-hybridized carbons (Fsp3) is 0.824. The normalized spacial score (nSPS) is 11.0. The summed E-state index contributed by atoms with van der Waals surface area (Å²) in [6, 6.07) is 0. The van der Waals surface area contributed by atoms with Gasteiger partial charge in [-0.3, -0.25) is 8.98 Å². The molecule has 0 aliphatic carbocycles. The number of primary amides is 1. The predicted octanol–water partition coefficient (Wildman–Crippen LogP) is 1.15. The Hall–Kier alpha value is 0.120. The van der Waals surface area contributed by atoms with Crippen LogP contribution in [0.4, 0.5) is 0 Å². The Balaban J connectivity index is -0.00000242. The minimum atomic E-state index is -4.04. The number of hydrogen-bond donors (Lipinski definition) is 1. The molecule has 0 spiro atoms. The molecule has 138 valence electrons. The van der Waals surface area contributed by atoms with Crippen LogP contribution in [-0.4, -0.2) is 20.9 Å². The van der Waals surface area contributed by atoms with E-state index in [2.05, 4.69) is 13.5 Å². The maximum Gasteiger partial charge on any atom is 1.00 e. The molecule has 0 saturated carbocycles. The van der Waals surface area contributed by atoms with Gasteiger partial charge >= 0.3 is 39.7 Å². The maximum absolute atomic E-state index is 11.5. The van der Waals surface area contributed by atoms with Gasteiger partial charge in [0.2, 0.25) is 0 Å². The molecule has 0 rings (SSSR count). The van der Waals surface area contributed by atoms with Crippen LogP contribution in [0.2, 0.25) is 0 Å². The molecule has 0 atom stereocenters. The standard InChI is InChI=1S/C17H33NO4S.Na.H/c1-3-4-5-6-7-8-9-10-11-12-13-14-15-22-23(20,21)16(2)17(18)19;;/h2-15H2,1H3,(H2,18,19);;/q;+1;-1. The molecule has 0 bridgehead atoms. The zero-order valence-electron chi connectivity index (χ0n) is 16.5. The summed E-state index contributed by atoms with van der Waals surface area (Å²) in [7, 11) is -4.04. The fourth-order valence-corrected chi connectivity index (χ4v) is 3.03. The first kappa shape index (κ1) is 26.4. The zero-order chi connectivity index (χ0) is 17.6. The Bertz CT molecular complexity index is 444. The van der Waals surface area contributed by atoms with Crippen molar-refractivity contribution in [3.05, 3.63) is 11.5 Å². The summed E-state index contributed by atoms with van der Waals surface area (Å²) in [5, 5.41) is 0. The van der Waals surface area contributed by atoms with Crippen molar-refractivity contribution in [3.63, 3.8) is 0 Å². The number of rotatable bonds is 16. The van der Waals surface area contributed by atoms with Crippen LogP contribution in [0.3, 0.4) is 0 Å². The molecule has 0 radical (unpaired) electrons. The van der Waals surface area contributed by atoms with E-state index in [1.807, 2.05) is 0 Å². The molecule has 0 aromatic rings. The van der Waals surface area contributed by atoms with Gasteiger partial charge in [0.05, 0.1) is 6.61 Å². The Kier molecular flexibility index (Phi) is 18.2. The molecule has 5 nitrogen and oxygen atoms in total. The molecule has 0 saturated heterocycles. The van der Waals surface area contributed by atoms with Crippen molar-refractivity contribution in [1.29, 1.82) is 0 Å². The summed E-state index contributed by atoms with van der Waals surface area (Å²) in [5.74, 6) is -1.07. The van der Waals surface area contributed by atoms with Crippen molar-refractivity contribution < 1.29 is 48.4 Å². The van der Waals surface area contributed by atoms with Crippen LogP contribution >= 0.6 is 0 Å². The minimum absolute atomic E-state index is 0. The Morgan fingerprint density at radius 2 is 1.29 bits per heavy atom. The molecule has 1 amide bonds. The molecule has 7 heteroatoms. The Morgan fingerprint density at radius 1 is 0.917 bits per heavy atom. The smallest absolute Gasteiger partial charge is 1.00 e. The Labute approximate surface area is 171 Å². The van der Waals surface area contributed by atoms with Gasteiger partial charge in [-0.15, -0.1) is 0 Å². The van der Waals surface area contributed by atoms with E-state index in [1.54, 1.807) is 0 Å². The van der Waals surface area contributed by atoms with Crippen molar-refractivity contribution >= 4 is 16.0 Å². The third-order valence-electron chi connectivity index (χ3n) is 3.81. The summed E-state index contributed by atoms with van der Waals surface area (Å²) < 4.78 is 27.6. The molecular formula is C17H34NNaO4S. The monoisotopic (exact) mass is 371 g/mol. The fourth-order valence-electron chi connectivity index (χ4n) is 2.31. The SMILES string of the molecule is C=C(C(N)=O)S(=O)(=O)OCCCCCCCCCCCCCC.[H-].[Na+]. The van der Waals surface area contributed by atoms with E-state index < -0.39 is 20.9 Å². The quantitative estimate of drug-likeness (QED) is 0.191. The number of carbonyl (C=O) groups is 1. The van der Waals surface area contributed by atoms with E-state index in [-0.39, 0.29) is 37.6 Å². The van der Waals surface area contributed by atoms with Gasteiger partial charge in [-0.25, -0.2) is 0 Å². The summed E-state index contributed by atoms with van der Waals surface area (Å²) in [4.78, 5) is 10.1. The van der Waals surface area contributed by atoms with E-state index in [0.717, 1.165) is 12.8 Å². The van der Waals surface area contributed by atoms with E-state index in [4.69, 9.17) is 9.92 Å². The maximum atomic E-state index is 11.5. The molecule has 2 N–H and O–H groups in total. The topological polar surface area (TPSA) is 86.5 Å². The summed E-state index contributed by atoms with van der Waals surface area (Å²) >= 11 is 0. The summed E-state index contributed by atoms with van der Waals surface area (Å²) in [5.41, 5.74) is 4.87. The number of nitrogens with two attached hydrogens (primary N) is 1. The van der Waals surface area contributed by atoms with Crippen molar-refractivity contribution in [2.75, 3.05) is 6.61 Å². The largest absolute Gasteiger partial charge is 1.00 e. The Morgan fingerprint density at radius 3 is 1.67 bits per heavy atom. The van der Waals surface area contributed by atoms with E-state index in [1.165, 1.54) is 57.8 Å². The van der Waals surface area contributed by atoms with Gasteiger partial charge in [0.25, 0.3) is 5.91 Å². The second-order valence-corrected chi connectivity index (χ2v) is 7.59. The van der Waals surface area contributed by atoms with Crippen molar-refractivity contribution in [3.8, 4) is 0 Å². The van der Waals surface area contributed by atoms with Crippen LogP contribution in [-0.2, 0) is 19.1 Å². The molecule has 0 aliphatic rings. The van der Waals surface area contributed by atoms with Gasteiger partial charge in [0.15, 0.2) is 4.91 Å². The average Bonchev–Trinajstić information content (AvgIpc) is 2.50. The number of unbranched alkanes of at least 4 members (excludes halogenated alkanes) is 11. The number of carbonyl (C=O) groups excluding carboxylic acids is 1. The van der Waals surface area contributed by atoms with E-state index >= 15 is 0 Å². The van der Waals surface area contributed by atoms with Gasteiger partial charge in [-0.1, -0.05) is 84.1 Å². The van der Waals surface area contributed by atoms with Crippen molar-refractivity contribution in [2.24, 2.45) is 5.73 Å². The molecule has 0 aliphatic heterocycles. The molecule has 0 aromatic carbocycles. The minimum Gasteiger partial charge on any atom is -1.00 e. The van der Waals surface area contributed by atoms with Crippen LogP contribution in [0.15, 0.2) is 11.5 Å². The zero-order valence-corrected chi connectivity index (χ0v) is 18.3. The molecule has 0 fully saturated rings. The summed E-state index contributed by atoms with van der Waals surface area (Å²) in [6.07, 6.45) is 14.4. The van der Waals surface area contributed by atoms with Crippen molar-refractivity contribution in [1.82, 2.24) is 0 Å². The van der Waals surface area contributed by atoms with E-state index in [0.29, 0.717) is 6.42 Å². The first-order valence-electron chi connectivity index (χ1n) is 8.80. The van der Waals surface area contributed by atoms with Gasteiger partial charge in [0, 0.05) is 0 Å². The molecule has 24 heavy (non-hydrogen) atoms. The van der Waals surface area contributed by atoms with Crippen LogP contribution in [0.1, 0.15) is 85.4 Å². The first-order chi connectivity index (χ1) is 10.9. The third kappa shape index (κ3) is 14.5. The summed E-state index contributed by atoms with van der Waals surface area (Å²) in [6.45, 7) is 5.42. The van der Waals surface area contributed by atoms with Crippen molar-refractivity contribution in [2.45, 2.75) is 84.0 Å². The van der Waals surface area contributed by atoms with Crippen LogP contribution in [0.25, 0.3) is 0 Å². The number of amides is 1.